The molecule has 2 N–H and O–H groups in total. The van der Waals surface area contributed by atoms with Gasteiger partial charge >= 0.3 is 11.9 Å². The lowest BCUT2D eigenvalue weighted by Gasteiger charge is -1.79. The molecule has 1 aliphatic carbocycles. The van der Waals surface area contributed by atoms with Crippen molar-refractivity contribution >= 4 is 11.9 Å². The molecule has 1 saturated carbocycles. The molecule has 54 valence electrons. The molecule has 0 amide bonds. The summed E-state index contributed by atoms with van der Waals surface area (Å²) in [6, 6.07) is 0. The third-order valence-electron chi connectivity index (χ3n) is 1.33. The van der Waals surface area contributed by atoms with E-state index in [1.54, 1.807) is 0 Å². The van der Waals surface area contributed by atoms with Crippen LogP contribution >= 0.6 is 0 Å². The first-order valence-corrected chi connectivity index (χ1v) is 2.77. The van der Waals surface area contributed by atoms with E-state index in [1.807, 2.05) is 0 Å². The third kappa shape index (κ3) is 1.34. The zero-order valence-electron chi connectivity index (χ0n) is 5.07. The zero-order chi connectivity index (χ0) is 7.72. The van der Waals surface area contributed by atoms with Crippen LogP contribution in [0.5, 0.6) is 0 Å². The maximum Gasteiger partial charge on any atom is 0.328 e. The van der Waals surface area contributed by atoms with Gasteiger partial charge in [0.25, 0.3) is 0 Å². The summed E-state index contributed by atoms with van der Waals surface area (Å²) in [5.41, 5.74) is 0.500. The Labute approximate surface area is 56.8 Å². The summed E-state index contributed by atoms with van der Waals surface area (Å²) in [5, 5.41) is 16.5. The van der Waals surface area contributed by atoms with E-state index in [1.165, 1.54) is 0 Å². The molecule has 4 nitrogen and oxygen atoms in total. The van der Waals surface area contributed by atoms with Gasteiger partial charge in [0.05, 0.1) is 5.92 Å². The second kappa shape index (κ2) is 2.13. The Morgan fingerprint density at radius 1 is 1.50 bits per heavy atom. The largest absolute Gasteiger partial charge is 0.481 e. The van der Waals surface area contributed by atoms with Gasteiger partial charge in [-0.1, -0.05) is 0 Å². The van der Waals surface area contributed by atoms with Crippen LogP contribution in [0.25, 0.3) is 0 Å². The highest BCUT2D eigenvalue weighted by Crippen LogP contribution is 2.37. The highest BCUT2D eigenvalue weighted by Gasteiger charge is 2.37. The maximum atomic E-state index is 10.1. The summed E-state index contributed by atoms with van der Waals surface area (Å²) in [4.78, 5) is 20.1. The molecular weight excluding hydrogens is 136 g/mol. The third-order valence-corrected chi connectivity index (χ3v) is 1.33. The van der Waals surface area contributed by atoms with E-state index >= 15 is 0 Å². The van der Waals surface area contributed by atoms with Crippen LogP contribution < -0.4 is 0 Å². The predicted octanol–water partition coefficient (Wildman–Crippen LogP) is 0.102. The molecule has 1 atom stereocenters. The van der Waals surface area contributed by atoms with Crippen LogP contribution in [-0.4, -0.2) is 22.2 Å². The molecule has 1 aliphatic rings. The number of hydrogen-bond acceptors (Lipinski definition) is 2. The molecular formula is C6H6O4. The number of carboxylic acids is 2. The highest BCUT2D eigenvalue weighted by atomic mass is 16.4. The van der Waals surface area contributed by atoms with E-state index < -0.39 is 17.9 Å². The number of carboxylic acid groups (broad SMARTS) is 2. The predicted molar refractivity (Wildman–Crippen MR) is 31.5 cm³/mol. The van der Waals surface area contributed by atoms with E-state index in [9.17, 15) is 9.59 Å². The van der Waals surface area contributed by atoms with Crippen molar-refractivity contribution in [2.45, 2.75) is 6.42 Å². The van der Waals surface area contributed by atoms with Crippen LogP contribution in [0.4, 0.5) is 0 Å². The molecule has 0 spiro atoms. The van der Waals surface area contributed by atoms with Crippen molar-refractivity contribution in [2.24, 2.45) is 5.92 Å². The second-order valence-corrected chi connectivity index (χ2v) is 2.15. The Kier molecular flexibility index (Phi) is 1.45. The van der Waals surface area contributed by atoms with Crippen molar-refractivity contribution in [2.75, 3.05) is 0 Å². The fraction of sp³-hybridized carbons (Fsp3) is 0.333. The minimum absolute atomic E-state index is 0.391. The molecule has 0 aromatic heterocycles. The minimum atomic E-state index is -1.07. The lowest BCUT2D eigenvalue weighted by Crippen LogP contribution is -1.96. The Morgan fingerprint density at radius 2 is 2.10 bits per heavy atom. The summed E-state index contributed by atoms with van der Waals surface area (Å²) >= 11 is 0. The van der Waals surface area contributed by atoms with Gasteiger partial charge < -0.3 is 10.2 Å². The van der Waals surface area contributed by atoms with Gasteiger partial charge in [0, 0.05) is 6.08 Å². The first-order chi connectivity index (χ1) is 4.61. The van der Waals surface area contributed by atoms with Gasteiger partial charge in [0.15, 0.2) is 0 Å². The van der Waals surface area contributed by atoms with Crippen molar-refractivity contribution in [3.63, 3.8) is 0 Å². The smallest absolute Gasteiger partial charge is 0.328 e. The summed E-state index contributed by atoms with van der Waals surface area (Å²) in [7, 11) is 0. The van der Waals surface area contributed by atoms with E-state index in [0.717, 1.165) is 6.08 Å². The van der Waals surface area contributed by atoms with E-state index in [2.05, 4.69) is 0 Å². The van der Waals surface area contributed by atoms with Crippen molar-refractivity contribution in [1.29, 1.82) is 0 Å². The van der Waals surface area contributed by atoms with Gasteiger partial charge in [-0.3, -0.25) is 4.79 Å². The number of carbonyl (C=O) groups is 2. The van der Waals surface area contributed by atoms with Crippen molar-refractivity contribution in [3.05, 3.63) is 11.6 Å². The van der Waals surface area contributed by atoms with Crippen LogP contribution in [-0.2, 0) is 9.59 Å². The monoisotopic (exact) mass is 142 g/mol. The normalized spacial score (nSPS) is 26.4. The molecule has 1 rings (SSSR count). The molecule has 0 aromatic carbocycles. The van der Waals surface area contributed by atoms with Gasteiger partial charge in [-0.15, -0.1) is 0 Å². The van der Waals surface area contributed by atoms with E-state index in [-0.39, 0.29) is 0 Å². The molecule has 0 aliphatic heterocycles. The van der Waals surface area contributed by atoms with Gasteiger partial charge in [0.1, 0.15) is 0 Å². The van der Waals surface area contributed by atoms with Crippen LogP contribution in [0.3, 0.4) is 0 Å². The molecule has 0 heterocycles. The summed E-state index contributed by atoms with van der Waals surface area (Å²) in [6.45, 7) is 0. The quantitative estimate of drug-likeness (QED) is 0.536. The van der Waals surface area contributed by atoms with Crippen LogP contribution in [0, 0.1) is 5.92 Å². The van der Waals surface area contributed by atoms with Crippen LogP contribution in [0.15, 0.2) is 11.6 Å². The average molecular weight is 142 g/mol. The lowest BCUT2D eigenvalue weighted by atomic mass is 10.4. The SMILES string of the molecule is O=C(O)/C=C1/C[C@@H]1C(=O)O. The maximum absolute atomic E-state index is 10.1. The highest BCUT2D eigenvalue weighted by molar-refractivity contribution is 5.87. The van der Waals surface area contributed by atoms with Gasteiger partial charge in [0.2, 0.25) is 0 Å². The molecule has 4 heteroatoms. The number of rotatable bonds is 2. The van der Waals surface area contributed by atoms with Crippen molar-refractivity contribution in [3.8, 4) is 0 Å². The second-order valence-electron chi connectivity index (χ2n) is 2.15. The van der Waals surface area contributed by atoms with Gasteiger partial charge in [-0.2, -0.15) is 0 Å². The van der Waals surface area contributed by atoms with E-state index in [4.69, 9.17) is 10.2 Å². The molecule has 0 aromatic rings. The zero-order valence-corrected chi connectivity index (χ0v) is 5.07. The van der Waals surface area contributed by atoms with Crippen LogP contribution in [0.1, 0.15) is 6.42 Å². The standard InChI is InChI=1S/C6H6O4/c7-5(8)2-3-1-4(3)6(9)10/h2,4H,1H2,(H,7,8)(H,9,10)/b3-2-/t4-/m0/s1. The van der Waals surface area contributed by atoms with Crippen molar-refractivity contribution < 1.29 is 19.8 Å². The average Bonchev–Trinajstić information content (AvgIpc) is 2.43. The van der Waals surface area contributed by atoms with Gasteiger partial charge in [-0.05, 0) is 12.0 Å². The fourth-order valence-electron chi connectivity index (χ4n) is 0.741. The Bertz CT molecular complexity index is 216. The Morgan fingerprint density at radius 3 is 2.40 bits per heavy atom. The fourth-order valence-corrected chi connectivity index (χ4v) is 0.741. The first kappa shape index (κ1) is 6.80. The summed E-state index contributed by atoms with van der Waals surface area (Å²) in [6.07, 6.45) is 1.35. The van der Waals surface area contributed by atoms with E-state index in [0.29, 0.717) is 12.0 Å². The summed E-state index contributed by atoms with van der Waals surface area (Å²) in [5.74, 6) is -2.54. The van der Waals surface area contributed by atoms with Gasteiger partial charge in [-0.25, -0.2) is 4.79 Å². The lowest BCUT2D eigenvalue weighted by molar-refractivity contribution is -0.138. The molecule has 10 heavy (non-hydrogen) atoms. The molecule has 1 fully saturated rings. The first-order valence-electron chi connectivity index (χ1n) is 2.77. The minimum Gasteiger partial charge on any atom is -0.481 e. The number of aliphatic carboxylic acids is 2. The molecule has 0 bridgehead atoms. The number of hydrogen-bond donors (Lipinski definition) is 2. The molecule has 0 radical (unpaired) electrons. The summed E-state index contributed by atoms with van der Waals surface area (Å²) < 4.78 is 0. The van der Waals surface area contributed by atoms with Crippen molar-refractivity contribution in [1.82, 2.24) is 0 Å². The topological polar surface area (TPSA) is 74.6 Å². The Hall–Kier alpha value is -1.32. The van der Waals surface area contributed by atoms with Crippen LogP contribution in [0.2, 0.25) is 0 Å². The molecule has 0 saturated heterocycles. The molecule has 0 unspecified atom stereocenters. The Balaban J connectivity index is 2.53.